The minimum absolute atomic E-state index is 0.129. The molecule has 0 saturated carbocycles. The van der Waals surface area contributed by atoms with Gasteiger partial charge >= 0.3 is 6.18 Å². The van der Waals surface area contributed by atoms with Crippen LogP contribution in [0.2, 0.25) is 0 Å². The Bertz CT molecular complexity index is 1180. The van der Waals surface area contributed by atoms with Crippen molar-refractivity contribution in [1.82, 2.24) is 10.2 Å². The van der Waals surface area contributed by atoms with Crippen LogP contribution in [-0.2, 0) is 6.18 Å². The Morgan fingerprint density at radius 1 is 1.00 bits per heavy atom. The normalized spacial score (nSPS) is 17.2. The Labute approximate surface area is 202 Å². The minimum Gasteiger partial charge on any atom is -0.372 e. The number of hydrogen-bond donors (Lipinski definition) is 1. The van der Waals surface area contributed by atoms with Gasteiger partial charge in [0, 0.05) is 24.7 Å². The first-order chi connectivity index (χ1) is 16.2. The molecule has 0 radical (unpaired) electrons. The Morgan fingerprint density at radius 3 is 2.15 bits per heavy atom. The second-order valence-electron chi connectivity index (χ2n) is 8.58. The Hall–Kier alpha value is -3.21. The second-order valence-corrected chi connectivity index (χ2v) is 8.98. The first kappa shape index (κ1) is 23.9. The van der Waals surface area contributed by atoms with Crippen molar-refractivity contribution >= 4 is 17.2 Å². The average Bonchev–Trinajstić information content (AvgIpc) is 3.27. The highest BCUT2D eigenvalue weighted by atomic mass is 32.1. The molecule has 0 amide bonds. The van der Waals surface area contributed by atoms with Crippen LogP contribution in [0.1, 0.15) is 45.8 Å². The van der Waals surface area contributed by atoms with Crippen LogP contribution in [0.15, 0.2) is 72.8 Å². The zero-order chi connectivity index (χ0) is 24.3. The lowest BCUT2D eigenvalue weighted by Crippen LogP contribution is -2.37. The molecule has 1 heterocycles. The van der Waals surface area contributed by atoms with E-state index in [9.17, 15) is 13.2 Å². The van der Waals surface area contributed by atoms with Gasteiger partial charge in [0.05, 0.1) is 23.2 Å². The predicted octanol–water partition coefficient (Wildman–Crippen LogP) is 6.01. The fraction of sp³-hybridized carbons (Fsp3) is 0.259. The van der Waals surface area contributed by atoms with E-state index < -0.39 is 11.7 Å². The van der Waals surface area contributed by atoms with Gasteiger partial charge in [0.15, 0.2) is 0 Å². The maximum absolute atomic E-state index is 13.1. The largest absolute Gasteiger partial charge is 0.416 e. The monoisotopic (exact) mass is 479 g/mol. The maximum atomic E-state index is 13.1. The summed E-state index contributed by atoms with van der Waals surface area (Å²) in [6, 6.07) is 22.6. The lowest BCUT2D eigenvalue weighted by atomic mass is 9.95. The molecule has 4 rings (SSSR count). The van der Waals surface area contributed by atoms with Gasteiger partial charge in [-0.1, -0.05) is 66.3 Å². The third kappa shape index (κ3) is 5.46. The molecule has 3 aromatic carbocycles. The van der Waals surface area contributed by atoms with Gasteiger partial charge < -0.3 is 5.32 Å². The minimum atomic E-state index is -4.38. The number of rotatable bonds is 5. The Morgan fingerprint density at radius 2 is 1.59 bits per heavy atom. The second kappa shape index (κ2) is 9.96. The van der Waals surface area contributed by atoms with E-state index in [1.165, 1.54) is 5.56 Å². The highest BCUT2D eigenvalue weighted by molar-refractivity contribution is 7.80. The molecule has 34 heavy (non-hydrogen) atoms. The summed E-state index contributed by atoms with van der Waals surface area (Å²) >= 11 is 5.60. The van der Waals surface area contributed by atoms with E-state index in [1.807, 2.05) is 43.3 Å². The standard InChI is InChI=1S/C27H24F3N3S/c1-18-2-6-22(7-3-18)26(34)32-24-14-15-33(17-24)25(20-8-4-19(16-31)5-9-20)21-10-12-23(13-11-21)27(28,29)30/h2-13,24-25H,14-15,17H2,1H3,(H,32,34)/t24-,25?/m1/s1. The van der Waals surface area contributed by atoms with E-state index in [4.69, 9.17) is 17.5 Å². The van der Waals surface area contributed by atoms with Crippen LogP contribution < -0.4 is 5.32 Å². The van der Waals surface area contributed by atoms with Crippen LogP contribution in [0.25, 0.3) is 0 Å². The molecule has 174 valence electrons. The van der Waals surface area contributed by atoms with Crippen LogP contribution in [0.5, 0.6) is 0 Å². The molecule has 1 saturated heterocycles. The molecule has 1 unspecified atom stereocenters. The molecule has 7 heteroatoms. The Balaban J connectivity index is 1.56. The summed E-state index contributed by atoms with van der Waals surface area (Å²) in [6.07, 6.45) is -3.52. The van der Waals surface area contributed by atoms with Crippen LogP contribution in [0, 0.1) is 18.3 Å². The SMILES string of the molecule is Cc1ccc(C(=S)N[C@@H]2CCN(C(c3ccc(C#N)cc3)c3ccc(C(F)(F)F)cc3)C2)cc1. The fourth-order valence-corrected chi connectivity index (χ4v) is 4.62. The van der Waals surface area contributed by atoms with Crippen molar-refractivity contribution in [2.45, 2.75) is 31.6 Å². The summed E-state index contributed by atoms with van der Waals surface area (Å²) in [6.45, 7) is 3.48. The summed E-state index contributed by atoms with van der Waals surface area (Å²) in [5.41, 5.74) is 3.71. The molecule has 0 spiro atoms. The summed E-state index contributed by atoms with van der Waals surface area (Å²) in [7, 11) is 0. The summed E-state index contributed by atoms with van der Waals surface area (Å²) in [5, 5.41) is 12.6. The highest BCUT2D eigenvalue weighted by Crippen LogP contribution is 2.35. The third-order valence-electron chi connectivity index (χ3n) is 6.14. The van der Waals surface area contributed by atoms with Crippen molar-refractivity contribution in [3.05, 3.63) is 106 Å². The number of thiocarbonyl (C=S) groups is 1. The van der Waals surface area contributed by atoms with Crippen molar-refractivity contribution < 1.29 is 13.2 Å². The number of halogens is 3. The van der Waals surface area contributed by atoms with E-state index in [1.54, 1.807) is 24.3 Å². The van der Waals surface area contributed by atoms with E-state index >= 15 is 0 Å². The van der Waals surface area contributed by atoms with Gasteiger partial charge in [0.1, 0.15) is 4.99 Å². The highest BCUT2D eigenvalue weighted by Gasteiger charge is 2.33. The molecule has 1 fully saturated rings. The number of aryl methyl sites for hydroxylation is 1. The van der Waals surface area contributed by atoms with Gasteiger partial charge in [0.2, 0.25) is 0 Å². The number of benzene rings is 3. The molecule has 2 atom stereocenters. The molecule has 1 aliphatic rings. The first-order valence-electron chi connectivity index (χ1n) is 11.0. The molecule has 1 N–H and O–H groups in total. The Kier molecular flexibility index (Phi) is 7.01. The number of nitrogens with one attached hydrogen (secondary N) is 1. The van der Waals surface area contributed by atoms with Crippen molar-refractivity contribution in [3.8, 4) is 6.07 Å². The van der Waals surface area contributed by atoms with E-state index in [2.05, 4.69) is 16.3 Å². The number of hydrogen-bond acceptors (Lipinski definition) is 3. The smallest absolute Gasteiger partial charge is 0.372 e. The summed E-state index contributed by atoms with van der Waals surface area (Å²) in [4.78, 5) is 2.94. The number of likely N-dealkylation sites (tertiary alicyclic amines) is 1. The lowest BCUT2D eigenvalue weighted by Gasteiger charge is -2.29. The molecule has 0 bridgehead atoms. The zero-order valence-corrected chi connectivity index (χ0v) is 19.5. The predicted molar refractivity (Wildman–Crippen MR) is 130 cm³/mol. The summed E-state index contributed by atoms with van der Waals surface area (Å²) in [5.74, 6) is 0. The van der Waals surface area contributed by atoms with Crippen LogP contribution in [0.3, 0.4) is 0 Å². The van der Waals surface area contributed by atoms with E-state index in [0.717, 1.165) is 41.8 Å². The first-order valence-corrected chi connectivity index (χ1v) is 11.4. The van der Waals surface area contributed by atoms with Gasteiger partial charge in [-0.3, -0.25) is 4.90 Å². The van der Waals surface area contributed by atoms with Crippen molar-refractivity contribution in [2.24, 2.45) is 0 Å². The molecule has 3 aromatic rings. The molecule has 1 aliphatic heterocycles. The summed E-state index contributed by atoms with van der Waals surface area (Å²) < 4.78 is 39.3. The van der Waals surface area contributed by atoms with Crippen molar-refractivity contribution in [1.29, 1.82) is 5.26 Å². The van der Waals surface area contributed by atoms with Crippen LogP contribution >= 0.6 is 12.2 Å². The third-order valence-corrected chi connectivity index (χ3v) is 6.50. The van der Waals surface area contributed by atoms with Gasteiger partial charge in [-0.05, 0) is 48.7 Å². The molecular formula is C27H24F3N3S. The number of nitrogens with zero attached hydrogens (tertiary/aromatic N) is 2. The van der Waals surface area contributed by atoms with Crippen molar-refractivity contribution in [3.63, 3.8) is 0 Å². The van der Waals surface area contributed by atoms with Gasteiger partial charge in [0.25, 0.3) is 0 Å². The van der Waals surface area contributed by atoms with Gasteiger partial charge in [-0.15, -0.1) is 0 Å². The molecular weight excluding hydrogens is 455 g/mol. The van der Waals surface area contributed by atoms with Gasteiger partial charge in [-0.2, -0.15) is 18.4 Å². The number of alkyl halides is 3. The van der Waals surface area contributed by atoms with E-state index in [0.29, 0.717) is 17.1 Å². The topological polar surface area (TPSA) is 39.1 Å². The average molecular weight is 480 g/mol. The molecule has 0 aliphatic carbocycles. The van der Waals surface area contributed by atoms with Crippen LogP contribution in [0.4, 0.5) is 13.2 Å². The zero-order valence-electron chi connectivity index (χ0n) is 18.6. The fourth-order valence-electron chi connectivity index (χ4n) is 4.32. The van der Waals surface area contributed by atoms with Gasteiger partial charge in [-0.25, -0.2) is 0 Å². The van der Waals surface area contributed by atoms with Crippen molar-refractivity contribution in [2.75, 3.05) is 13.1 Å². The quantitative estimate of drug-likeness (QED) is 0.455. The van der Waals surface area contributed by atoms with E-state index in [-0.39, 0.29) is 12.1 Å². The molecule has 3 nitrogen and oxygen atoms in total. The molecule has 0 aromatic heterocycles. The van der Waals surface area contributed by atoms with Crippen LogP contribution in [-0.4, -0.2) is 29.0 Å². The number of nitriles is 1. The lowest BCUT2D eigenvalue weighted by molar-refractivity contribution is -0.137. The maximum Gasteiger partial charge on any atom is 0.416 e.